The molecule has 4 rings (SSSR count). The molecule has 0 atom stereocenters. The van der Waals surface area contributed by atoms with E-state index in [9.17, 15) is 4.79 Å². The molecule has 158 valence electrons. The second-order valence-electron chi connectivity index (χ2n) is 7.99. The SMILES string of the molecule is CC1CCN(Cc2ccccc2CNC(=O)CCc2nc(-c3cccs3)no2)CC1. The van der Waals surface area contributed by atoms with Gasteiger partial charge < -0.3 is 9.84 Å². The molecule has 0 bridgehead atoms. The summed E-state index contributed by atoms with van der Waals surface area (Å²) in [7, 11) is 0. The Balaban J connectivity index is 1.26. The molecule has 1 aliphatic rings. The summed E-state index contributed by atoms with van der Waals surface area (Å²) in [5, 5.41) is 9.01. The monoisotopic (exact) mass is 424 g/mol. The van der Waals surface area contributed by atoms with E-state index in [4.69, 9.17) is 4.52 Å². The largest absolute Gasteiger partial charge is 0.352 e. The molecule has 3 aromatic rings. The lowest BCUT2D eigenvalue weighted by Crippen LogP contribution is -2.33. The first-order chi connectivity index (χ1) is 14.7. The molecule has 2 aromatic heterocycles. The van der Waals surface area contributed by atoms with E-state index in [-0.39, 0.29) is 5.91 Å². The number of carbonyl (C=O) groups is 1. The Hall–Kier alpha value is -2.51. The number of nitrogens with zero attached hydrogens (tertiary/aromatic N) is 3. The molecule has 7 heteroatoms. The predicted octanol–water partition coefficient (Wildman–Crippen LogP) is 4.28. The van der Waals surface area contributed by atoms with Gasteiger partial charge in [0.25, 0.3) is 0 Å². The van der Waals surface area contributed by atoms with Crippen LogP contribution in [0.1, 0.15) is 43.2 Å². The number of likely N-dealkylation sites (tertiary alicyclic amines) is 1. The molecule has 1 saturated heterocycles. The minimum Gasteiger partial charge on any atom is -0.352 e. The number of aromatic nitrogens is 2. The van der Waals surface area contributed by atoms with Crippen molar-refractivity contribution in [2.45, 2.75) is 45.7 Å². The summed E-state index contributed by atoms with van der Waals surface area (Å²) in [6, 6.07) is 12.3. The molecule has 0 radical (unpaired) electrons. The van der Waals surface area contributed by atoms with Gasteiger partial charge >= 0.3 is 0 Å². The number of hydrogen-bond acceptors (Lipinski definition) is 6. The maximum absolute atomic E-state index is 12.4. The fraction of sp³-hybridized carbons (Fsp3) is 0.435. The fourth-order valence-electron chi connectivity index (χ4n) is 3.71. The summed E-state index contributed by atoms with van der Waals surface area (Å²) in [6.07, 6.45) is 3.31. The van der Waals surface area contributed by atoms with Gasteiger partial charge in [-0.3, -0.25) is 9.69 Å². The van der Waals surface area contributed by atoms with Crippen LogP contribution in [-0.4, -0.2) is 34.0 Å². The normalized spacial score (nSPS) is 15.4. The van der Waals surface area contributed by atoms with Gasteiger partial charge in [-0.05, 0) is 54.4 Å². The van der Waals surface area contributed by atoms with Gasteiger partial charge in [-0.25, -0.2) is 0 Å². The Morgan fingerprint density at radius 2 is 2.00 bits per heavy atom. The van der Waals surface area contributed by atoms with Gasteiger partial charge in [0.05, 0.1) is 4.88 Å². The Morgan fingerprint density at radius 1 is 1.20 bits per heavy atom. The van der Waals surface area contributed by atoms with E-state index in [0.717, 1.165) is 30.4 Å². The summed E-state index contributed by atoms with van der Waals surface area (Å²) in [6.45, 7) is 6.13. The number of nitrogens with one attached hydrogen (secondary N) is 1. The van der Waals surface area contributed by atoms with Crippen molar-refractivity contribution < 1.29 is 9.32 Å². The number of carbonyl (C=O) groups excluding carboxylic acids is 1. The number of amides is 1. The van der Waals surface area contributed by atoms with Crippen molar-refractivity contribution in [1.82, 2.24) is 20.4 Å². The highest BCUT2D eigenvalue weighted by molar-refractivity contribution is 7.13. The van der Waals surface area contributed by atoms with Crippen LogP contribution in [0.15, 0.2) is 46.3 Å². The highest BCUT2D eigenvalue weighted by Gasteiger charge is 2.17. The van der Waals surface area contributed by atoms with Gasteiger partial charge in [0, 0.05) is 25.9 Å². The minimum atomic E-state index is -0.00697. The summed E-state index contributed by atoms with van der Waals surface area (Å²) >= 11 is 1.57. The first-order valence-corrected chi connectivity index (χ1v) is 11.5. The molecule has 0 saturated carbocycles. The van der Waals surface area contributed by atoms with Crippen molar-refractivity contribution in [3.63, 3.8) is 0 Å². The minimum absolute atomic E-state index is 0.00697. The van der Waals surface area contributed by atoms with Crippen LogP contribution in [0.25, 0.3) is 10.7 Å². The Kier molecular flexibility index (Phi) is 6.92. The summed E-state index contributed by atoms with van der Waals surface area (Å²) < 4.78 is 5.27. The summed E-state index contributed by atoms with van der Waals surface area (Å²) in [5.74, 6) is 1.90. The van der Waals surface area contributed by atoms with Crippen LogP contribution in [-0.2, 0) is 24.3 Å². The lowest BCUT2D eigenvalue weighted by Gasteiger charge is -2.30. The third-order valence-electron chi connectivity index (χ3n) is 5.64. The molecule has 1 fully saturated rings. The highest BCUT2D eigenvalue weighted by atomic mass is 32.1. The summed E-state index contributed by atoms with van der Waals surface area (Å²) in [5.41, 5.74) is 2.48. The van der Waals surface area contributed by atoms with Crippen LogP contribution in [0.3, 0.4) is 0 Å². The van der Waals surface area contributed by atoms with Crippen molar-refractivity contribution in [2.75, 3.05) is 13.1 Å². The highest BCUT2D eigenvalue weighted by Crippen LogP contribution is 2.22. The molecular weight excluding hydrogens is 396 g/mol. The fourth-order valence-corrected chi connectivity index (χ4v) is 4.36. The van der Waals surface area contributed by atoms with Crippen LogP contribution in [0.5, 0.6) is 0 Å². The first kappa shape index (κ1) is 20.8. The lowest BCUT2D eigenvalue weighted by molar-refractivity contribution is -0.121. The van der Waals surface area contributed by atoms with Gasteiger partial charge in [0.15, 0.2) is 0 Å². The second kappa shape index (κ2) is 10.00. The van der Waals surface area contributed by atoms with E-state index >= 15 is 0 Å². The maximum atomic E-state index is 12.4. The summed E-state index contributed by atoms with van der Waals surface area (Å²) in [4.78, 5) is 20.2. The number of piperidine rings is 1. The molecule has 30 heavy (non-hydrogen) atoms. The number of rotatable bonds is 8. The standard InChI is InChI=1S/C23H28N4O2S/c1-17-10-12-27(13-11-17)16-19-6-3-2-5-18(19)15-24-21(28)8-9-22-25-23(26-29-22)20-7-4-14-30-20/h2-7,14,17H,8-13,15-16H2,1H3,(H,24,28). The molecule has 1 aliphatic heterocycles. The number of hydrogen-bond donors (Lipinski definition) is 1. The van der Waals surface area contributed by atoms with Crippen LogP contribution >= 0.6 is 11.3 Å². The van der Waals surface area contributed by atoms with E-state index in [1.165, 1.54) is 24.0 Å². The van der Waals surface area contributed by atoms with Gasteiger partial charge in [-0.1, -0.05) is 42.4 Å². The van der Waals surface area contributed by atoms with Crippen molar-refractivity contribution in [2.24, 2.45) is 5.92 Å². The van der Waals surface area contributed by atoms with Crippen LogP contribution in [0.4, 0.5) is 0 Å². The van der Waals surface area contributed by atoms with Crippen molar-refractivity contribution in [3.05, 3.63) is 58.8 Å². The van der Waals surface area contributed by atoms with E-state index in [2.05, 4.69) is 45.5 Å². The van der Waals surface area contributed by atoms with Crippen LogP contribution < -0.4 is 5.32 Å². The van der Waals surface area contributed by atoms with E-state index < -0.39 is 0 Å². The van der Waals surface area contributed by atoms with Crippen molar-refractivity contribution in [1.29, 1.82) is 0 Å². The Labute approximate surface area is 181 Å². The van der Waals surface area contributed by atoms with Crippen molar-refractivity contribution >= 4 is 17.2 Å². The third-order valence-corrected chi connectivity index (χ3v) is 6.51. The Bertz CT molecular complexity index is 946. The smallest absolute Gasteiger partial charge is 0.227 e. The molecule has 1 aromatic carbocycles. The molecule has 6 nitrogen and oxygen atoms in total. The zero-order chi connectivity index (χ0) is 20.8. The van der Waals surface area contributed by atoms with Crippen molar-refractivity contribution in [3.8, 4) is 10.7 Å². The zero-order valence-electron chi connectivity index (χ0n) is 17.3. The van der Waals surface area contributed by atoms with E-state index in [1.807, 2.05) is 23.6 Å². The van der Waals surface area contributed by atoms with Gasteiger partial charge in [-0.2, -0.15) is 4.98 Å². The molecule has 1 N–H and O–H groups in total. The Morgan fingerprint density at radius 3 is 2.77 bits per heavy atom. The van der Waals surface area contributed by atoms with Crippen LogP contribution in [0.2, 0.25) is 0 Å². The zero-order valence-corrected chi connectivity index (χ0v) is 18.2. The number of benzene rings is 1. The predicted molar refractivity (Wildman–Crippen MR) is 118 cm³/mol. The lowest BCUT2D eigenvalue weighted by atomic mass is 9.98. The molecule has 0 unspecified atom stereocenters. The van der Waals surface area contributed by atoms with E-state index in [1.54, 1.807) is 11.3 Å². The number of aryl methyl sites for hydroxylation is 1. The average Bonchev–Trinajstić information content (AvgIpc) is 3.45. The maximum Gasteiger partial charge on any atom is 0.227 e. The van der Waals surface area contributed by atoms with Crippen LogP contribution in [0, 0.1) is 5.92 Å². The molecular formula is C23H28N4O2S. The molecule has 3 heterocycles. The van der Waals surface area contributed by atoms with Gasteiger partial charge in [-0.15, -0.1) is 11.3 Å². The first-order valence-electron chi connectivity index (χ1n) is 10.6. The topological polar surface area (TPSA) is 71.3 Å². The third kappa shape index (κ3) is 5.55. The molecule has 1 amide bonds. The molecule has 0 spiro atoms. The second-order valence-corrected chi connectivity index (χ2v) is 8.94. The number of thiophene rings is 1. The van der Waals surface area contributed by atoms with E-state index in [0.29, 0.717) is 31.1 Å². The average molecular weight is 425 g/mol. The van der Waals surface area contributed by atoms with Gasteiger partial charge in [0.2, 0.25) is 17.6 Å². The van der Waals surface area contributed by atoms with Gasteiger partial charge in [0.1, 0.15) is 0 Å². The quantitative estimate of drug-likeness (QED) is 0.584. The molecule has 0 aliphatic carbocycles.